The number of rotatable bonds is 7. The Morgan fingerprint density at radius 2 is 2.00 bits per heavy atom. The molecule has 3 rings (SSSR count). The topological polar surface area (TPSA) is 12.5 Å². The number of ether oxygens (including phenoxy) is 1. The zero-order valence-electron chi connectivity index (χ0n) is 14.4. The molecule has 3 heteroatoms. The van der Waals surface area contributed by atoms with E-state index in [-0.39, 0.29) is 0 Å². The number of para-hydroxylation sites is 1. The van der Waals surface area contributed by atoms with Gasteiger partial charge in [0.15, 0.2) is 0 Å². The summed E-state index contributed by atoms with van der Waals surface area (Å²) in [5, 5.41) is 0.803. The SMILES string of the molecule is CN1CCCC1CCOc1ccccc1CCc1cccc(Cl)c1. The van der Waals surface area contributed by atoms with Crippen LogP contribution in [0, 0.1) is 0 Å². The Morgan fingerprint density at radius 1 is 1.12 bits per heavy atom. The van der Waals surface area contributed by atoms with E-state index in [1.807, 2.05) is 18.2 Å². The second kappa shape index (κ2) is 8.55. The Balaban J connectivity index is 1.54. The molecule has 2 aromatic rings. The molecule has 1 aliphatic rings. The highest BCUT2D eigenvalue weighted by Crippen LogP contribution is 2.23. The molecule has 0 saturated carbocycles. The first kappa shape index (κ1) is 17.3. The lowest BCUT2D eigenvalue weighted by Gasteiger charge is -2.20. The summed E-state index contributed by atoms with van der Waals surface area (Å²) in [6.45, 7) is 2.02. The van der Waals surface area contributed by atoms with Crippen LogP contribution in [-0.2, 0) is 12.8 Å². The van der Waals surface area contributed by atoms with Crippen LogP contribution in [0.15, 0.2) is 48.5 Å². The largest absolute Gasteiger partial charge is 0.493 e. The van der Waals surface area contributed by atoms with Crippen LogP contribution in [0.25, 0.3) is 0 Å². The van der Waals surface area contributed by atoms with Crippen molar-refractivity contribution in [2.75, 3.05) is 20.2 Å². The molecule has 1 heterocycles. The summed E-state index contributed by atoms with van der Waals surface area (Å²) in [5.41, 5.74) is 2.54. The highest BCUT2D eigenvalue weighted by molar-refractivity contribution is 6.30. The minimum Gasteiger partial charge on any atom is -0.493 e. The van der Waals surface area contributed by atoms with Crippen LogP contribution in [0.1, 0.15) is 30.4 Å². The van der Waals surface area contributed by atoms with Crippen molar-refractivity contribution in [1.29, 1.82) is 0 Å². The van der Waals surface area contributed by atoms with E-state index < -0.39 is 0 Å². The van der Waals surface area contributed by atoms with E-state index >= 15 is 0 Å². The summed E-state index contributed by atoms with van der Waals surface area (Å²) >= 11 is 6.07. The van der Waals surface area contributed by atoms with Crippen LogP contribution in [-0.4, -0.2) is 31.1 Å². The second-order valence-electron chi connectivity index (χ2n) is 6.65. The van der Waals surface area contributed by atoms with Crippen molar-refractivity contribution in [2.45, 2.75) is 38.1 Å². The maximum absolute atomic E-state index is 6.11. The molecule has 0 bridgehead atoms. The molecule has 0 aromatic heterocycles. The van der Waals surface area contributed by atoms with Gasteiger partial charge in [0.2, 0.25) is 0 Å². The van der Waals surface area contributed by atoms with E-state index in [2.05, 4.69) is 42.3 Å². The van der Waals surface area contributed by atoms with E-state index in [1.165, 1.54) is 30.5 Å². The Hall–Kier alpha value is -1.51. The van der Waals surface area contributed by atoms with Gasteiger partial charge in [0.05, 0.1) is 6.61 Å². The molecule has 2 nitrogen and oxygen atoms in total. The zero-order valence-corrected chi connectivity index (χ0v) is 15.1. The molecule has 1 unspecified atom stereocenters. The third-order valence-electron chi connectivity index (χ3n) is 4.92. The number of nitrogens with zero attached hydrogens (tertiary/aromatic N) is 1. The van der Waals surface area contributed by atoms with Crippen molar-refractivity contribution in [3.05, 3.63) is 64.7 Å². The summed E-state index contributed by atoms with van der Waals surface area (Å²) in [6, 6.07) is 17.2. The maximum atomic E-state index is 6.11. The Kier molecular flexibility index (Phi) is 6.17. The number of hydrogen-bond acceptors (Lipinski definition) is 2. The van der Waals surface area contributed by atoms with Gasteiger partial charge in [0.1, 0.15) is 5.75 Å². The van der Waals surface area contributed by atoms with Crippen molar-refractivity contribution in [1.82, 2.24) is 4.90 Å². The summed E-state index contributed by atoms with van der Waals surface area (Å²) in [4.78, 5) is 2.45. The minimum absolute atomic E-state index is 0.684. The minimum atomic E-state index is 0.684. The highest BCUT2D eigenvalue weighted by Gasteiger charge is 2.20. The first-order valence-electron chi connectivity index (χ1n) is 8.88. The van der Waals surface area contributed by atoms with Gasteiger partial charge in [-0.3, -0.25) is 0 Å². The van der Waals surface area contributed by atoms with E-state index in [0.29, 0.717) is 6.04 Å². The highest BCUT2D eigenvalue weighted by atomic mass is 35.5. The van der Waals surface area contributed by atoms with Gasteiger partial charge in [0.25, 0.3) is 0 Å². The number of benzene rings is 2. The fourth-order valence-electron chi connectivity index (χ4n) is 3.47. The average Bonchev–Trinajstić information content (AvgIpc) is 2.99. The lowest BCUT2D eigenvalue weighted by atomic mass is 10.0. The molecular weight excluding hydrogens is 318 g/mol. The predicted octanol–water partition coefficient (Wildman–Crippen LogP) is 4.99. The molecule has 0 spiro atoms. The van der Waals surface area contributed by atoms with Gasteiger partial charge in [0, 0.05) is 11.1 Å². The van der Waals surface area contributed by atoms with E-state index in [4.69, 9.17) is 16.3 Å². The molecular formula is C21H26ClNO. The van der Waals surface area contributed by atoms with Crippen LogP contribution in [0.4, 0.5) is 0 Å². The Bertz CT molecular complexity index is 658. The number of likely N-dealkylation sites (tertiary alicyclic amines) is 1. The van der Waals surface area contributed by atoms with Crippen molar-refractivity contribution in [2.24, 2.45) is 0 Å². The van der Waals surface area contributed by atoms with E-state index in [0.717, 1.165) is 36.6 Å². The maximum Gasteiger partial charge on any atom is 0.122 e. The quantitative estimate of drug-likeness (QED) is 0.702. The van der Waals surface area contributed by atoms with Gasteiger partial charge < -0.3 is 9.64 Å². The number of halogens is 1. The standard InChI is InChI=1S/C21H26ClNO/c1-23-14-5-9-20(23)13-15-24-21-10-3-2-7-18(21)12-11-17-6-4-8-19(22)16-17/h2-4,6-8,10,16,20H,5,9,11-15H2,1H3. The Labute approximate surface area is 150 Å². The predicted molar refractivity (Wildman–Crippen MR) is 101 cm³/mol. The molecule has 1 fully saturated rings. The van der Waals surface area contributed by atoms with Gasteiger partial charge in [-0.1, -0.05) is 41.9 Å². The first-order valence-corrected chi connectivity index (χ1v) is 9.25. The molecule has 0 N–H and O–H groups in total. The molecule has 0 radical (unpaired) electrons. The number of aryl methyl sites for hydroxylation is 2. The lowest BCUT2D eigenvalue weighted by molar-refractivity contribution is 0.232. The molecule has 0 aliphatic carbocycles. The van der Waals surface area contributed by atoms with Crippen LogP contribution < -0.4 is 4.74 Å². The van der Waals surface area contributed by atoms with E-state index in [1.54, 1.807) is 0 Å². The first-order chi connectivity index (χ1) is 11.7. The average molecular weight is 344 g/mol. The second-order valence-corrected chi connectivity index (χ2v) is 7.09. The van der Waals surface area contributed by atoms with Crippen LogP contribution in [0.5, 0.6) is 5.75 Å². The van der Waals surface area contributed by atoms with Crippen LogP contribution in [0.3, 0.4) is 0 Å². The number of hydrogen-bond donors (Lipinski definition) is 0. The van der Waals surface area contributed by atoms with Gasteiger partial charge in [-0.05, 0) is 75.0 Å². The van der Waals surface area contributed by atoms with Gasteiger partial charge >= 0.3 is 0 Å². The van der Waals surface area contributed by atoms with E-state index in [9.17, 15) is 0 Å². The lowest BCUT2D eigenvalue weighted by Crippen LogP contribution is -2.26. The fraction of sp³-hybridized carbons (Fsp3) is 0.429. The molecule has 0 amide bonds. The summed E-state index contributed by atoms with van der Waals surface area (Å²) in [6.07, 6.45) is 5.68. The molecule has 1 saturated heterocycles. The van der Waals surface area contributed by atoms with Crippen molar-refractivity contribution in [3.63, 3.8) is 0 Å². The van der Waals surface area contributed by atoms with Crippen molar-refractivity contribution >= 4 is 11.6 Å². The fourth-order valence-corrected chi connectivity index (χ4v) is 3.68. The summed E-state index contributed by atoms with van der Waals surface area (Å²) in [5.74, 6) is 1.03. The molecule has 24 heavy (non-hydrogen) atoms. The molecule has 1 atom stereocenters. The van der Waals surface area contributed by atoms with Crippen LogP contribution >= 0.6 is 11.6 Å². The summed E-state index contributed by atoms with van der Waals surface area (Å²) < 4.78 is 6.11. The van der Waals surface area contributed by atoms with Gasteiger partial charge in [-0.2, -0.15) is 0 Å². The zero-order chi connectivity index (χ0) is 16.8. The molecule has 2 aromatic carbocycles. The monoisotopic (exact) mass is 343 g/mol. The Morgan fingerprint density at radius 3 is 2.79 bits per heavy atom. The van der Waals surface area contributed by atoms with Crippen LogP contribution in [0.2, 0.25) is 5.02 Å². The normalized spacial score (nSPS) is 18.0. The molecule has 128 valence electrons. The summed E-state index contributed by atoms with van der Waals surface area (Å²) in [7, 11) is 2.22. The van der Waals surface area contributed by atoms with Gasteiger partial charge in [-0.15, -0.1) is 0 Å². The van der Waals surface area contributed by atoms with Crippen molar-refractivity contribution in [3.8, 4) is 5.75 Å². The third kappa shape index (κ3) is 4.75. The smallest absolute Gasteiger partial charge is 0.122 e. The third-order valence-corrected chi connectivity index (χ3v) is 5.16. The van der Waals surface area contributed by atoms with Gasteiger partial charge in [-0.25, -0.2) is 0 Å². The van der Waals surface area contributed by atoms with Crippen molar-refractivity contribution < 1.29 is 4.74 Å². The molecule has 1 aliphatic heterocycles.